The maximum atomic E-state index is 11.9. The second-order valence-electron chi connectivity index (χ2n) is 5.91. The molecule has 2 atom stereocenters. The van der Waals surface area contributed by atoms with E-state index in [2.05, 4.69) is 27.8 Å². The van der Waals surface area contributed by atoms with Gasteiger partial charge in [-0.2, -0.15) is 0 Å². The maximum absolute atomic E-state index is 11.9. The smallest absolute Gasteiger partial charge is 0.318 e. The molecule has 1 fully saturated rings. The van der Waals surface area contributed by atoms with Crippen molar-refractivity contribution in [3.63, 3.8) is 0 Å². The predicted molar refractivity (Wildman–Crippen MR) is 80.0 cm³/mol. The average Bonchev–Trinajstić information content (AvgIpc) is 3.11. The fourth-order valence-corrected chi connectivity index (χ4v) is 2.59. The van der Waals surface area contributed by atoms with Gasteiger partial charge in [-0.15, -0.1) is 5.10 Å². The van der Waals surface area contributed by atoms with Gasteiger partial charge in [0.15, 0.2) is 0 Å². The summed E-state index contributed by atoms with van der Waals surface area (Å²) in [5, 5.41) is 14.3. The molecule has 7 heteroatoms. The lowest BCUT2D eigenvalue weighted by atomic mass is 9.89. The number of hydrogen-bond acceptors (Lipinski definition) is 6. The van der Waals surface area contributed by atoms with E-state index in [-0.39, 0.29) is 11.9 Å². The van der Waals surface area contributed by atoms with E-state index in [1.165, 1.54) is 0 Å². The minimum absolute atomic E-state index is 0.0409. The fourth-order valence-electron chi connectivity index (χ4n) is 2.59. The molecule has 0 aromatic carbocycles. The number of amides is 1. The number of carbonyl (C=O) groups is 1. The molecule has 2 N–H and O–H groups in total. The Morgan fingerprint density at radius 3 is 2.95 bits per heavy atom. The molecule has 1 aromatic heterocycles. The molecule has 0 saturated carbocycles. The van der Waals surface area contributed by atoms with Crippen LogP contribution in [0.25, 0.3) is 0 Å². The van der Waals surface area contributed by atoms with Crippen molar-refractivity contribution in [2.24, 2.45) is 5.41 Å². The van der Waals surface area contributed by atoms with Crippen LogP contribution in [0.3, 0.4) is 0 Å². The molecular formula is C14H25N5O2. The Hall–Kier alpha value is -1.63. The predicted octanol–water partition coefficient (Wildman–Crippen LogP) is 1.09. The van der Waals surface area contributed by atoms with E-state index >= 15 is 0 Å². The zero-order chi connectivity index (χ0) is 15.5. The molecule has 2 heterocycles. The van der Waals surface area contributed by atoms with Crippen LogP contribution in [-0.4, -0.2) is 42.8 Å². The molecular weight excluding hydrogens is 270 g/mol. The van der Waals surface area contributed by atoms with Gasteiger partial charge in [0.05, 0.1) is 11.5 Å². The minimum atomic E-state index is -0.393. The molecule has 21 heavy (non-hydrogen) atoms. The summed E-state index contributed by atoms with van der Waals surface area (Å²) in [6.45, 7) is 8.35. The molecule has 118 valence electrons. The fraction of sp³-hybridized carbons (Fsp3) is 0.786. The Labute approximate surface area is 125 Å². The van der Waals surface area contributed by atoms with Crippen molar-refractivity contribution in [3.05, 3.63) is 5.89 Å². The maximum Gasteiger partial charge on any atom is 0.318 e. The first-order chi connectivity index (χ1) is 10.00. The first-order valence-corrected chi connectivity index (χ1v) is 7.54. The molecule has 2 rings (SSSR count). The van der Waals surface area contributed by atoms with Gasteiger partial charge in [-0.3, -0.25) is 4.79 Å². The number of rotatable bonds is 6. The normalized spacial score (nSPS) is 23.3. The van der Waals surface area contributed by atoms with Crippen LogP contribution in [0.15, 0.2) is 4.42 Å². The van der Waals surface area contributed by atoms with Crippen molar-refractivity contribution in [3.8, 4) is 0 Å². The van der Waals surface area contributed by atoms with Crippen LogP contribution in [0.4, 0.5) is 6.01 Å². The summed E-state index contributed by atoms with van der Waals surface area (Å²) in [4.78, 5) is 13.9. The number of carbonyl (C=O) groups excluding carboxylic acids is 1. The standard InChI is InChI=1S/C14H25N5O2/c1-5-7-16-10(2)11-17-18-13(21-11)19-8-6-14(3,9-19)12(20)15-4/h10,16H,5-9H2,1-4H3,(H,15,20). The lowest BCUT2D eigenvalue weighted by Gasteiger charge is -2.21. The lowest BCUT2D eigenvalue weighted by Crippen LogP contribution is -2.39. The highest BCUT2D eigenvalue weighted by molar-refractivity contribution is 5.83. The van der Waals surface area contributed by atoms with Crippen molar-refractivity contribution in [2.45, 2.75) is 39.7 Å². The van der Waals surface area contributed by atoms with Crippen molar-refractivity contribution in [2.75, 3.05) is 31.6 Å². The third-order valence-corrected chi connectivity index (χ3v) is 4.02. The van der Waals surface area contributed by atoms with E-state index in [0.29, 0.717) is 18.5 Å². The van der Waals surface area contributed by atoms with E-state index in [4.69, 9.17) is 4.42 Å². The van der Waals surface area contributed by atoms with Crippen LogP contribution in [-0.2, 0) is 4.79 Å². The van der Waals surface area contributed by atoms with Gasteiger partial charge in [-0.1, -0.05) is 12.0 Å². The van der Waals surface area contributed by atoms with Crippen LogP contribution in [0.2, 0.25) is 0 Å². The first kappa shape index (κ1) is 15.8. The van der Waals surface area contributed by atoms with Crippen molar-refractivity contribution in [1.82, 2.24) is 20.8 Å². The number of aromatic nitrogens is 2. The van der Waals surface area contributed by atoms with Gasteiger partial charge in [0.25, 0.3) is 0 Å². The molecule has 1 amide bonds. The monoisotopic (exact) mass is 295 g/mol. The van der Waals surface area contributed by atoms with E-state index in [9.17, 15) is 4.79 Å². The van der Waals surface area contributed by atoms with Gasteiger partial charge >= 0.3 is 6.01 Å². The largest absolute Gasteiger partial charge is 0.406 e. The minimum Gasteiger partial charge on any atom is -0.406 e. The van der Waals surface area contributed by atoms with Crippen molar-refractivity contribution >= 4 is 11.9 Å². The Morgan fingerprint density at radius 2 is 2.29 bits per heavy atom. The topological polar surface area (TPSA) is 83.3 Å². The quantitative estimate of drug-likeness (QED) is 0.817. The summed E-state index contributed by atoms with van der Waals surface area (Å²) in [6, 6.07) is 0.543. The molecule has 0 bridgehead atoms. The molecule has 1 saturated heterocycles. The highest BCUT2D eigenvalue weighted by Gasteiger charge is 2.41. The van der Waals surface area contributed by atoms with Gasteiger partial charge in [0, 0.05) is 20.1 Å². The van der Waals surface area contributed by atoms with Crippen LogP contribution in [0, 0.1) is 5.41 Å². The molecule has 1 aromatic rings. The van der Waals surface area contributed by atoms with Crippen LogP contribution in [0.1, 0.15) is 45.5 Å². The Kier molecular flexibility index (Phi) is 4.82. The van der Waals surface area contributed by atoms with Gasteiger partial charge in [-0.05, 0) is 33.2 Å². The van der Waals surface area contributed by atoms with E-state index < -0.39 is 5.41 Å². The van der Waals surface area contributed by atoms with E-state index in [1.54, 1.807) is 7.05 Å². The third kappa shape index (κ3) is 3.34. The lowest BCUT2D eigenvalue weighted by molar-refractivity contribution is -0.128. The van der Waals surface area contributed by atoms with Crippen LogP contribution < -0.4 is 15.5 Å². The number of nitrogens with one attached hydrogen (secondary N) is 2. The Bertz CT molecular complexity index is 489. The zero-order valence-electron chi connectivity index (χ0n) is 13.3. The molecule has 7 nitrogen and oxygen atoms in total. The summed E-state index contributed by atoms with van der Waals surface area (Å²) >= 11 is 0. The second-order valence-corrected chi connectivity index (χ2v) is 5.91. The summed E-state index contributed by atoms with van der Waals surface area (Å²) in [5.41, 5.74) is -0.393. The summed E-state index contributed by atoms with van der Waals surface area (Å²) < 4.78 is 5.74. The van der Waals surface area contributed by atoms with Crippen LogP contribution in [0.5, 0.6) is 0 Å². The molecule has 0 spiro atoms. The molecule has 1 aliphatic rings. The molecule has 0 radical (unpaired) electrons. The Morgan fingerprint density at radius 1 is 1.52 bits per heavy atom. The second kappa shape index (κ2) is 6.43. The van der Waals surface area contributed by atoms with Gasteiger partial charge in [-0.25, -0.2) is 0 Å². The number of nitrogens with zero attached hydrogens (tertiary/aromatic N) is 3. The van der Waals surface area contributed by atoms with E-state index in [0.717, 1.165) is 25.9 Å². The average molecular weight is 295 g/mol. The molecule has 0 aliphatic carbocycles. The highest BCUT2D eigenvalue weighted by atomic mass is 16.4. The van der Waals surface area contributed by atoms with E-state index in [1.807, 2.05) is 18.7 Å². The number of hydrogen-bond donors (Lipinski definition) is 2. The van der Waals surface area contributed by atoms with Gasteiger partial charge < -0.3 is 20.0 Å². The Balaban J connectivity index is 2.01. The number of anilines is 1. The highest BCUT2D eigenvalue weighted by Crippen LogP contribution is 2.33. The summed E-state index contributed by atoms with van der Waals surface area (Å²) in [6.07, 6.45) is 1.84. The SMILES string of the molecule is CCCNC(C)c1nnc(N2CCC(C)(C(=O)NC)C2)o1. The van der Waals surface area contributed by atoms with Crippen molar-refractivity contribution in [1.29, 1.82) is 0 Å². The molecule has 2 unspecified atom stereocenters. The van der Waals surface area contributed by atoms with Gasteiger partial charge in [0.1, 0.15) is 0 Å². The first-order valence-electron chi connectivity index (χ1n) is 7.54. The van der Waals surface area contributed by atoms with Crippen LogP contribution >= 0.6 is 0 Å². The zero-order valence-corrected chi connectivity index (χ0v) is 13.3. The van der Waals surface area contributed by atoms with Gasteiger partial charge in [0.2, 0.25) is 11.8 Å². The molecule has 1 aliphatic heterocycles. The third-order valence-electron chi connectivity index (χ3n) is 4.02. The summed E-state index contributed by atoms with van der Waals surface area (Å²) in [7, 11) is 1.67. The van der Waals surface area contributed by atoms with Crippen molar-refractivity contribution < 1.29 is 9.21 Å². The summed E-state index contributed by atoms with van der Waals surface area (Å²) in [5.74, 6) is 0.648.